The molecule has 1 aliphatic heterocycles. The van der Waals surface area contributed by atoms with Crippen LogP contribution >= 0.6 is 24.8 Å². The molecule has 2 atom stereocenters. The average molecular weight is 399 g/mol. The molecule has 1 saturated heterocycles. The fourth-order valence-corrected chi connectivity index (χ4v) is 3.32. The number of rotatable bonds is 6. The van der Waals surface area contributed by atoms with E-state index in [1.807, 2.05) is 6.92 Å². The second kappa shape index (κ2) is 11.9. The zero-order valence-corrected chi connectivity index (χ0v) is 16.6. The number of carbonyl (C=O) groups excluding carboxylic acids is 2. The van der Waals surface area contributed by atoms with Crippen LogP contribution in [0.2, 0.25) is 0 Å². The molecule has 9 heteroatoms. The molecule has 148 valence electrons. The maximum absolute atomic E-state index is 12.2. The van der Waals surface area contributed by atoms with Gasteiger partial charge in [-0.05, 0) is 19.8 Å². The Morgan fingerprint density at radius 1 is 1.20 bits per heavy atom. The van der Waals surface area contributed by atoms with E-state index in [1.165, 1.54) is 0 Å². The third-order valence-electron chi connectivity index (χ3n) is 4.85. The summed E-state index contributed by atoms with van der Waals surface area (Å²) in [6.45, 7) is 6.67. The molecule has 1 heterocycles. The zero-order valence-electron chi connectivity index (χ0n) is 14.9. The molecule has 4 N–H and O–H groups in total. The van der Waals surface area contributed by atoms with E-state index in [0.717, 1.165) is 58.5 Å². The topological polar surface area (TPSA) is 96.7 Å². The van der Waals surface area contributed by atoms with Crippen LogP contribution in [-0.2, 0) is 14.3 Å². The smallest absolute Gasteiger partial charge is 0.239 e. The zero-order chi connectivity index (χ0) is 16.7. The lowest BCUT2D eigenvalue weighted by atomic mass is 9.74. The van der Waals surface area contributed by atoms with Crippen molar-refractivity contribution in [1.82, 2.24) is 15.5 Å². The van der Waals surface area contributed by atoms with Crippen LogP contribution in [0.5, 0.6) is 0 Å². The highest BCUT2D eigenvalue weighted by Crippen LogP contribution is 2.31. The molecule has 0 bridgehead atoms. The van der Waals surface area contributed by atoms with Gasteiger partial charge in [0.1, 0.15) is 0 Å². The van der Waals surface area contributed by atoms with E-state index in [1.54, 1.807) is 0 Å². The van der Waals surface area contributed by atoms with Crippen LogP contribution in [0.25, 0.3) is 0 Å². The molecule has 0 spiro atoms. The summed E-state index contributed by atoms with van der Waals surface area (Å²) in [6, 6.07) is 0. The van der Waals surface area contributed by atoms with Gasteiger partial charge in [-0.3, -0.25) is 14.5 Å². The molecule has 0 radical (unpaired) electrons. The van der Waals surface area contributed by atoms with Crippen LogP contribution < -0.4 is 16.4 Å². The Morgan fingerprint density at radius 2 is 1.88 bits per heavy atom. The molecule has 7 nitrogen and oxygen atoms in total. The highest BCUT2D eigenvalue weighted by Gasteiger charge is 2.37. The molecule has 0 aromatic rings. The van der Waals surface area contributed by atoms with Crippen molar-refractivity contribution in [2.45, 2.75) is 38.1 Å². The molecule has 2 rings (SSSR count). The highest BCUT2D eigenvalue weighted by molar-refractivity contribution is 5.86. The van der Waals surface area contributed by atoms with E-state index in [9.17, 15) is 9.59 Å². The van der Waals surface area contributed by atoms with Gasteiger partial charge in [-0.15, -0.1) is 24.8 Å². The Balaban J connectivity index is 0.00000288. The van der Waals surface area contributed by atoms with Gasteiger partial charge in [0.15, 0.2) is 0 Å². The minimum atomic E-state index is -0.463. The lowest BCUT2D eigenvalue weighted by Gasteiger charge is -2.37. The van der Waals surface area contributed by atoms with Crippen molar-refractivity contribution >= 4 is 36.6 Å². The lowest BCUT2D eigenvalue weighted by molar-refractivity contribution is -0.131. The molecule has 1 saturated carbocycles. The Hall–Kier alpha value is -0.600. The Bertz CT molecular complexity index is 418. The molecule has 2 amide bonds. The summed E-state index contributed by atoms with van der Waals surface area (Å²) in [4.78, 5) is 26.3. The Kier molecular flexibility index (Phi) is 11.6. The number of carbonyl (C=O) groups is 2. The third-order valence-corrected chi connectivity index (χ3v) is 4.85. The Morgan fingerprint density at radius 3 is 2.52 bits per heavy atom. The SMILES string of the molecule is CC1(N)CCCCC1C(=O)NCC(=O)NCCN1CCOCC1.Cl.Cl. The quantitative estimate of drug-likeness (QED) is 0.597. The molecule has 0 aromatic heterocycles. The van der Waals surface area contributed by atoms with Crippen LogP contribution in [0.15, 0.2) is 0 Å². The average Bonchev–Trinajstić information content (AvgIpc) is 2.53. The van der Waals surface area contributed by atoms with Gasteiger partial charge in [0.2, 0.25) is 11.8 Å². The van der Waals surface area contributed by atoms with Crippen LogP contribution in [0, 0.1) is 5.92 Å². The second-order valence-corrected chi connectivity index (χ2v) is 6.83. The van der Waals surface area contributed by atoms with Crippen LogP contribution in [-0.4, -0.2) is 68.2 Å². The second-order valence-electron chi connectivity index (χ2n) is 6.83. The summed E-state index contributed by atoms with van der Waals surface area (Å²) in [5.41, 5.74) is 5.75. The summed E-state index contributed by atoms with van der Waals surface area (Å²) >= 11 is 0. The van der Waals surface area contributed by atoms with E-state index in [4.69, 9.17) is 10.5 Å². The van der Waals surface area contributed by atoms with Gasteiger partial charge >= 0.3 is 0 Å². The first-order valence-electron chi connectivity index (χ1n) is 8.62. The fraction of sp³-hybridized carbons (Fsp3) is 0.875. The summed E-state index contributed by atoms with van der Waals surface area (Å²) in [5.74, 6) is -0.448. The highest BCUT2D eigenvalue weighted by atomic mass is 35.5. The molecule has 0 aromatic carbocycles. The largest absolute Gasteiger partial charge is 0.379 e. The predicted octanol–water partition coefficient (Wildman–Crippen LogP) is 0.302. The monoisotopic (exact) mass is 398 g/mol. The number of morpholine rings is 1. The molecule has 2 unspecified atom stereocenters. The molecule has 1 aliphatic carbocycles. The first-order chi connectivity index (χ1) is 11.0. The molecule has 2 fully saturated rings. The number of nitrogens with zero attached hydrogens (tertiary/aromatic N) is 1. The molecule has 2 aliphatic rings. The third kappa shape index (κ3) is 8.09. The van der Waals surface area contributed by atoms with Crippen molar-refractivity contribution < 1.29 is 14.3 Å². The van der Waals surface area contributed by atoms with Crippen molar-refractivity contribution in [3.63, 3.8) is 0 Å². The number of nitrogens with two attached hydrogens (primary N) is 1. The number of nitrogens with one attached hydrogen (secondary N) is 2. The van der Waals surface area contributed by atoms with E-state index < -0.39 is 5.54 Å². The van der Waals surface area contributed by atoms with Crippen molar-refractivity contribution in [2.24, 2.45) is 11.7 Å². The molecular weight excluding hydrogens is 367 g/mol. The van der Waals surface area contributed by atoms with Crippen LogP contribution in [0.1, 0.15) is 32.6 Å². The number of hydrogen-bond donors (Lipinski definition) is 3. The van der Waals surface area contributed by atoms with Gasteiger partial charge in [-0.2, -0.15) is 0 Å². The van der Waals surface area contributed by atoms with Gasteiger partial charge in [0.05, 0.1) is 25.7 Å². The first kappa shape index (κ1) is 24.4. The van der Waals surface area contributed by atoms with E-state index in [0.29, 0.717) is 6.54 Å². The van der Waals surface area contributed by atoms with Crippen LogP contribution in [0.4, 0.5) is 0 Å². The van der Waals surface area contributed by atoms with Crippen molar-refractivity contribution in [2.75, 3.05) is 45.9 Å². The van der Waals surface area contributed by atoms with E-state index >= 15 is 0 Å². The number of hydrogen-bond acceptors (Lipinski definition) is 5. The summed E-state index contributed by atoms with van der Waals surface area (Å²) in [6.07, 6.45) is 3.75. The number of halogens is 2. The van der Waals surface area contributed by atoms with E-state index in [-0.39, 0.29) is 49.1 Å². The minimum absolute atomic E-state index is 0. The lowest BCUT2D eigenvalue weighted by Crippen LogP contribution is -2.54. The number of ether oxygens (including phenoxy) is 1. The first-order valence-corrected chi connectivity index (χ1v) is 8.62. The van der Waals surface area contributed by atoms with Gasteiger partial charge in [0.25, 0.3) is 0 Å². The number of amides is 2. The maximum Gasteiger partial charge on any atom is 0.239 e. The molecular formula is C16H32Cl2N4O3. The van der Waals surface area contributed by atoms with Crippen molar-refractivity contribution in [3.05, 3.63) is 0 Å². The van der Waals surface area contributed by atoms with Gasteiger partial charge in [0, 0.05) is 31.7 Å². The fourth-order valence-electron chi connectivity index (χ4n) is 3.32. The van der Waals surface area contributed by atoms with Crippen LogP contribution in [0.3, 0.4) is 0 Å². The minimum Gasteiger partial charge on any atom is -0.379 e. The van der Waals surface area contributed by atoms with Gasteiger partial charge < -0.3 is 21.1 Å². The normalized spacial score (nSPS) is 26.7. The maximum atomic E-state index is 12.2. The summed E-state index contributed by atoms with van der Waals surface area (Å²) in [7, 11) is 0. The van der Waals surface area contributed by atoms with Crippen molar-refractivity contribution in [1.29, 1.82) is 0 Å². The van der Waals surface area contributed by atoms with Gasteiger partial charge in [-0.25, -0.2) is 0 Å². The summed E-state index contributed by atoms with van der Waals surface area (Å²) in [5, 5.41) is 5.57. The molecule has 25 heavy (non-hydrogen) atoms. The Labute approximate surface area is 162 Å². The standard InChI is InChI=1S/C16H30N4O3.2ClH/c1-16(17)5-3-2-4-13(16)15(22)19-12-14(21)18-6-7-20-8-10-23-11-9-20;;/h13H,2-12,17H2,1H3,(H,18,21)(H,19,22);2*1H. The van der Waals surface area contributed by atoms with Crippen molar-refractivity contribution in [3.8, 4) is 0 Å². The summed E-state index contributed by atoms with van der Waals surface area (Å²) < 4.78 is 5.28. The van der Waals surface area contributed by atoms with E-state index in [2.05, 4.69) is 15.5 Å². The van der Waals surface area contributed by atoms with Gasteiger partial charge in [-0.1, -0.05) is 12.8 Å². The predicted molar refractivity (Wildman–Crippen MR) is 102 cm³/mol.